The lowest BCUT2D eigenvalue weighted by molar-refractivity contribution is 0.472. The maximum absolute atomic E-state index is 13.3. The van der Waals surface area contributed by atoms with Gasteiger partial charge in [0.05, 0.1) is 5.02 Å². The first-order chi connectivity index (χ1) is 8.17. The van der Waals surface area contributed by atoms with Crippen molar-refractivity contribution in [1.29, 1.82) is 0 Å². The van der Waals surface area contributed by atoms with E-state index in [0.29, 0.717) is 6.04 Å². The highest BCUT2D eigenvalue weighted by Crippen LogP contribution is 2.17. The van der Waals surface area contributed by atoms with E-state index in [-0.39, 0.29) is 10.8 Å². The zero-order valence-corrected chi connectivity index (χ0v) is 11.4. The predicted molar refractivity (Wildman–Crippen MR) is 72.1 cm³/mol. The van der Waals surface area contributed by atoms with E-state index in [1.54, 1.807) is 12.1 Å². The van der Waals surface area contributed by atoms with E-state index in [9.17, 15) is 4.39 Å². The van der Waals surface area contributed by atoms with Gasteiger partial charge >= 0.3 is 0 Å². The van der Waals surface area contributed by atoms with Gasteiger partial charge in [0, 0.05) is 6.04 Å². The van der Waals surface area contributed by atoms with Crippen molar-refractivity contribution in [2.45, 2.75) is 45.6 Å². The van der Waals surface area contributed by atoms with Gasteiger partial charge in [0.25, 0.3) is 0 Å². The van der Waals surface area contributed by atoms with Crippen LogP contribution in [-0.4, -0.2) is 12.6 Å². The van der Waals surface area contributed by atoms with E-state index >= 15 is 0 Å². The maximum atomic E-state index is 13.3. The van der Waals surface area contributed by atoms with Crippen LogP contribution in [0.1, 0.15) is 38.7 Å². The highest BCUT2D eigenvalue weighted by Gasteiger charge is 2.09. The quantitative estimate of drug-likeness (QED) is 0.772. The van der Waals surface area contributed by atoms with Crippen molar-refractivity contribution in [2.24, 2.45) is 0 Å². The minimum absolute atomic E-state index is 0.197. The summed E-state index contributed by atoms with van der Waals surface area (Å²) < 4.78 is 13.3. The van der Waals surface area contributed by atoms with Gasteiger partial charge in [-0.25, -0.2) is 4.39 Å². The van der Waals surface area contributed by atoms with Gasteiger partial charge in [-0.15, -0.1) is 0 Å². The molecule has 0 aromatic heterocycles. The second-order valence-corrected chi connectivity index (χ2v) is 4.80. The maximum Gasteiger partial charge on any atom is 0.142 e. The Morgan fingerprint density at radius 2 is 2.06 bits per heavy atom. The van der Waals surface area contributed by atoms with Gasteiger partial charge < -0.3 is 5.32 Å². The van der Waals surface area contributed by atoms with Crippen LogP contribution in [0.2, 0.25) is 5.02 Å². The van der Waals surface area contributed by atoms with E-state index in [2.05, 4.69) is 19.2 Å². The summed E-state index contributed by atoms with van der Waals surface area (Å²) in [5.41, 5.74) is 1.01. The lowest BCUT2D eigenvalue weighted by Crippen LogP contribution is -2.31. The molecule has 0 aliphatic carbocycles. The number of hydrogen-bond donors (Lipinski definition) is 1. The zero-order valence-electron chi connectivity index (χ0n) is 10.6. The molecule has 0 radical (unpaired) electrons. The average molecular weight is 258 g/mol. The van der Waals surface area contributed by atoms with Crippen molar-refractivity contribution in [3.05, 3.63) is 34.6 Å². The molecule has 1 unspecified atom stereocenters. The Hall–Kier alpha value is -0.600. The SMILES string of the molecule is CCCNC(CCC)Cc1ccc(Cl)c(F)c1. The van der Waals surface area contributed by atoms with Crippen LogP contribution in [0.15, 0.2) is 18.2 Å². The number of benzene rings is 1. The summed E-state index contributed by atoms with van der Waals surface area (Å²) in [6.07, 6.45) is 4.23. The summed E-state index contributed by atoms with van der Waals surface area (Å²) >= 11 is 5.67. The summed E-state index contributed by atoms with van der Waals surface area (Å²) in [7, 11) is 0. The van der Waals surface area contributed by atoms with Crippen LogP contribution in [0.3, 0.4) is 0 Å². The van der Waals surface area contributed by atoms with Gasteiger partial charge in [-0.1, -0.05) is 37.9 Å². The molecule has 0 heterocycles. The fourth-order valence-electron chi connectivity index (χ4n) is 1.92. The molecule has 1 aromatic rings. The molecule has 1 aromatic carbocycles. The largest absolute Gasteiger partial charge is 0.314 e. The average Bonchev–Trinajstić information content (AvgIpc) is 2.31. The van der Waals surface area contributed by atoms with Crippen LogP contribution in [0.25, 0.3) is 0 Å². The summed E-state index contributed by atoms with van der Waals surface area (Å²) in [5.74, 6) is -0.324. The third kappa shape index (κ3) is 5.05. The summed E-state index contributed by atoms with van der Waals surface area (Å²) in [6.45, 7) is 5.34. The van der Waals surface area contributed by atoms with Crippen LogP contribution < -0.4 is 5.32 Å². The first-order valence-electron chi connectivity index (χ1n) is 6.34. The molecule has 0 spiro atoms. The molecular formula is C14H21ClFN. The molecule has 0 aliphatic heterocycles. The lowest BCUT2D eigenvalue weighted by Gasteiger charge is -2.18. The van der Waals surface area contributed by atoms with Gasteiger partial charge in [0.15, 0.2) is 0 Å². The molecule has 1 rings (SSSR count). The molecule has 1 atom stereocenters. The second-order valence-electron chi connectivity index (χ2n) is 4.39. The van der Waals surface area contributed by atoms with E-state index in [4.69, 9.17) is 11.6 Å². The summed E-state index contributed by atoms with van der Waals surface area (Å²) in [5, 5.41) is 3.69. The van der Waals surface area contributed by atoms with Gasteiger partial charge in [0.1, 0.15) is 5.82 Å². The van der Waals surface area contributed by atoms with Gasteiger partial charge in [0.2, 0.25) is 0 Å². The number of nitrogens with one attached hydrogen (secondary N) is 1. The Bertz CT molecular complexity index is 341. The molecular weight excluding hydrogens is 237 g/mol. The second kappa shape index (κ2) is 7.67. The van der Waals surface area contributed by atoms with Crippen molar-refractivity contribution in [2.75, 3.05) is 6.54 Å². The molecule has 0 bridgehead atoms. The Balaban J connectivity index is 2.61. The van der Waals surface area contributed by atoms with Crippen LogP contribution in [0.4, 0.5) is 4.39 Å². The fourth-order valence-corrected chi connectivity index (χ4v) is 2.04. The van der Waals surface area contributed by atoms with Crippen molar-refractivity contribution in [1.82, 2.24) is 5.32 Å². The minimum Gasteiger partial charge on any atom is -0.314 e. The normalized spacial score (nSPS) is 12.7. The van der Waals surface area contributed by atoms with Crippen molar-refractivity contribution in [3.8, 4) is 0 Å². The van der Waals surface area contributed by atoms with E-state index in [1.165, 1.54) is 0 Å². The predicted octanol–water partition coefficient (Wildman–Crippen LogP) is 4.19. The lowest BCUT2D eigenvalue weighted by atomic mass is 10.0. The summed E-state index contributed by atoms with van der Waals surface area (Å²) in [6, 6.07) is 5.51. The van der Waals surface area contributed by atoms with Crippen LogP contribution in [0.5, 0.6) is 0 Å². The molecule has 0 amide bonds. The van der Waals surface area contributed by atoms with Crippen molar-refractivity contribution >= 4 is 11.6 Å². The Morgan fingerprint density at radius 3 is 2.65 bits per heavy atom. The molecule has 0 saturated carbocycles. The molecule has 96 valence electrons. The Kier molecular flexibility index (Phi) is 6.53. The topological polar surface area (TPSA) is 12.0 Å². The molecule has 0 fully saturated rings. The molecule has 0 aliphatic rings. The molecule has 17 heavy (non-hydrogen) atoms. The van der Waals surface area contributed by atoms with Gasteiger partial charge in [-0.2, -0.15) is 0 Å². The fraction of sp³-hybridized carbons (Fsp3) is 0.571. The highest BCUT2D eigenvalue weighted by molar-refractivity contribution is 6.30. The first-order valence-corrected chi connectivity index (χ1v) is 6.72. The number of hydrogen-bond acceptors (Lipinski definition) is 1. The monoisotopic (exact) mass is 257 g/mol. The standard InChI is InChI=1S/C14H21ClFN/c1-3-5-12(17-8-4-2)9-11-6-7-13(15)14(16)10-11/h6-7,10,12,17H,3-5,8-9H2,1-2H3. The van der Waals surface area contributed by atoms with Crippen LogP contribution >= 0.6 is 11.6 Å². The smallest absolute Gasteiger partial charge is 0.142 e. The zero-order chi connectivity index (χ0) is 12.7. The molecule has 3 heteroatoms. The van der Waals surface area contributed by atoms with Gasteiger partial charge in [-0.3, -0.25) is 0 Å². The van der Waals surface area contributed by atoms with E-state index < -0.39 is 0 Å². The molecule has 0 saturated heterocycles. The third-order valence-electron chi connectivity index (χ3n) is 2.79. The van der Waals surface area contributed by atoms with E-state index in [1.807, 2.05) is 6.07 Å². The molecule has 1 nitrogen and oxygen atoms in total. The van der Waals surface area contributed by atoms with Crippen LogP contribution in [-0.2, 0) is 6.42 Å². The first kappa shape index (κ1) is 14.5. The van der Waals surface area contributed by atoms with Crippen molar-refractivity contribution in [3.63, 3.8) is 0 Å². The summed E-state index contributed by atoms with van der Waals surface area (Å²) in [4.78, 5) is 0. The van der Waals surface area contributed by atoms with Crippen LogP contribution in [0, 0.1) is 5.82 Å². The Morgan fingerprint density at radius 1 is 1.29 bits per heavy atom. The third-order valence-corrected chi connectivity index (χ3v) is 3.09. The minimum atomic E-state index is -0.324. The number of rotatable bonds is 7. The highest BCUT2D eigenvalue weighted by atomic mass is 35.5. The van der Waals surface area contributed by atoms with Gasteiger partial charge in [-0.05, 0) is 43.5 Å². The Labute approximate surface area is 108 Å². The molecule has 1 N–H and O–H groups in total. The van der Waals surface area contributed by atoms with Crippen molar-refractivity contribution < 1.29 is 4.39 Å². The van der Waals surface area contributed by atoms with E-state index in [0.717, 1.165) is 37.8 Å². The number of halogens is 2.